The number of nitrogens with zero attached hydrogens (tertiary/aromatic N) is 4. The summed E-state index contributed by atoms with van der Waals surface area (Å²) in [5, 5.41) is 7.57. The number of morpholine rings is 1. The summed E-state index contributed by atoms with van der Waals surface area (Å²) in [5.74, 6) is 0.156. The van der Waals surface area contributed by atoms with Crippen LogP contribution in [0.3, 0.4) is 0 Å². The minimum atomic E-state index is -0.0699. The number of rotatable bonds is 6. The zero-order valence-electron chi connectivity index (χ0n) is 16.6. The van der Waals surface area contributed by atoms with Crippen LogP contribution in [-0.2, 0) is 34.0 Å². The number of hydrogen-bond donors (Lipinski definition) is 1. The lowest BCUT2D eigenvalue weighted by atomic mass is 10.1. The van der Waals surface area contributed by atoms with Gasteiger partial charge in [-0.3, -0.25) is 19.2 Å². The highest BCUT2D eigenvalue weighted by Gasteiger charge is 2.24. The molecule has 150 valence electrons. The van der Waals surface area contributed by atoms with Crippen molar-refractivity contribution in [2.75, 3.05) is 39.4 Å². The molecule has 1 N–H and O–H groups in total. The summed E-state index contributed by atoms with van der Waals surface area (Å²) in [5.41, 5.74) is 1.87. The van der Waals surface area contributed by atoms with Crippen LogP contribution in [0.2, 0.25) is 0 Å². The summed E-state index contributed by atoms with van der Waals surface area (Å²) in [6.07, 6.45) is 0. The molecule has 8 nitrogen and oxygen atoms in total. The Balaban J connectivity index is 1.49. The molecule has 1 saturated heterocycles. The molecule has 0 spiro atoms. The third-order valence-electron chi connectivity index (χ3n) is 5.18. The van der Waals surface area contributed by atoms with E-state index in [1.165, 1.54) is 0 Å². The van der Waals surface area contributed by atoms with Crippen LogP contribution in [0.15, 0.2) is 6.07 Å². The first-order valence-electron chi connectivity index (χ1n) is 9.86. The lowest BCUT2D eigenvalue weighted by Gasteiger charge is -2.29. The summed E-state index contributed by atoms with van der Waals surface area (Å²) < 4.78 is 7.29. The van der Waals surface area contributed by atoms with E-state index in [4.69, 9.17) is 4.74 Å². The van der Waals surface area contributed by atoms with E-state index in [-0.39, 0.29) is 23.7 Å². The fourth-order valence-electron chi connectivity index (χ4n) is 3.57. The number of carbonyl (C=O) groups is 2. The SMILES string of the molecule is CC(C)C(=O)N1CCn2nc(CNC(=O)C(C)CN3CCOCC3)cc2C1. The Hall–Kier alpha value is -1.93. The van der Waals surface area contributed by atoms with Crippen molar-refractivity contribution in [3.63, 3.8) is 0 Å². The van der Waals surface area contributed by atoms with Crippen molar-refractivity contribution < 1.29 is 14.3 Å². The van der Waals surface area contributed by atoms with E-state index in [1.54, 1.807) is 0 Å². The molecule has 1 aromatic rings. The van der Waals surface area contributed by atoms with Gasteiger partial charge < -0.3 is 15.0 Å². The molecule has 8 heteroatoms. The first-order chi connectivity index (χ1) is 12.9. The Bertz CT molecular complexity index is 666. The van der Waals surface area contributed by atoms with Crippen LogP contribution in [0.25, 0.3) is 0 Å². The topological polar surface area (TPSA) is 79.7 Å². The Morgan fingerprint density at radius 1 is 1.19 bits per heavy atom. The number of amides is 2. The van der Waals surface area contributed by atoms with Gasteiger partial charge in [0.15, 0.2) is 0 Å². The molecule has 2 aliphatic heterocycles. The molecule has 1 aromatic heterocycles. The van der Waals surface area contributed by atoms with Crippen LogP contribution in [-0.4, -0.2) is 70.8 Å². The van der Waals surface area contributed by atoms with Gasteiger partial charge in [0.05, 0.1) is 44.2 Å². The molecular formula is C19H31N5O3. The first-order valence-corrected chi connectivity index (χ1v) is 9.86. The van der Waals surface area contributed by atoms with E-state index in [0.29, 0.717) is 26.2 Å². The molecule has 3 rings (SSSR count). The predicted molar refractivity (Wildman–Crippen MR) is 101 cm³/mol. The number of nitrogens with one attached hydrogen (secondary N) is 1. The molecular weight excluding hydrogens is 346 g/mol. The van der Waals surface area contributed by atoms with Gasteiger partial charge in [-0.15, -0.1) is 0 Å². The maximum absolute atomic E-state index is 12.4. The number of hydrogen-bond acceptors (Lipinski definition) is 5. The van der Waals surface area contributed by atoms with Crippen LogP contribution in [0.5, 0.6) is 0 Å². The molecule has 2 amide bonds. The summed E-state index contributed by atoms with van der Waals surface area (Å²) in [6.45, 7) is 12.2. The van der Waals surface area contributed by atoms with Crippen LogP contribution >= 0.6 is 0 Å². The van der Waals surface area contributed by atoms with Gasteiger partial charge in [0.25, 0.3) is 0 Å². The third-order valence-corrected chi connectivity index (χ3v) is 5.18. The monoisotopic (exact) mass is 377 g/mol. The third kappa shape index (κ3) is 5.07. The van der Waals surface area contributed by atoms with E-state index in [2.05, 4.69) is 15.3 Å². The van der Waals surface area contributed by atoms with E-state index in [9.17, 15) is 9.59 Å². The highest BCUT2D eigenvalue weighted by molar-refractivity contribution is 5.78. The quantitative estimate of drug-likeness (QED) is 0.779. The second-order valence-corrected chi connectivity index (χ2v) is 7.80. The van der Waals surface area contributed by atoms with Crippen LogP contribution in [0.4, 0.5) is 0 Å². The van der Waals surface area contributed by atoms with Gasteiger partial charge >= 0.3 is 0 Å². The van der Waals surface area contributed by atoms with Gasteiger partial charge in [-0.05, 0) is 6.07 Å². The summed E-state index contributed by atoms with van der Waals surface area (Å²) in [7, 11) is 0. The lowest BCUT2D eigenvalue weighted by Crippen LogP contribution is -2.42. The standard InChI is InChI=1S/C19H31N5O3/c1-14(2)19(26)23-4-5-24-17(13-23)10-16(21-24)11-20-18(25)15(3)12-22-6-8-27-9-7-22/h10,14-15H,4-9,11-13H2,1-3H3,(H,20,25). The highest BCUT2D eigenvalue weighted by atomic mass is 16.5. The lowest BCUT2D eigenvalue weighted by molar-refractivity contribution is -0.136. The average Bonchev–Trinajstić information content (AvgIpc) is 3.08. The largest absolute Gasteiger partial charge is 0.379 e. The molecule has 3 heterocycles. The van der Waals surface area contributed by atoms with Crippen LogP contribution < -0.4 is 5.32 Å². The van der Waals surface area contributed by atoms with Crippen molar-refractivity contribution in [3.05, 3.63) is 17.5 Å². The van der Waals surface area contributed by atoms with Crippen molar-refractivity contribution >= 4 is 11.8 Å². The van der Waals surface area contributed by atoms with Gasteiger partial charge in [0.1, 0.15) is 0 Å². The molecule has 0 aliphatic carbocycles. The predicted octanol–water partition coefficient (Wildman–Crippen LogP) is 0.466. The summed E-state index contributed by atoms with van der Waals surface area (Å²) >= 11 is 0. The van der Waals surface area contributed by atoms with Gasteiger partial charge in [0, 0.05) is 38.0 Å². The molecule has 1 fully saturated rings. The Morgan fingerprint density at radius 3 is 2.63 bits per heavy atom. The van der Waals surface area contributed by atoms with Crippen molar-refractivity contribution in [3.8, 4) is 0 Å². The van der Waals surface area contributed by atoms with E-state index < -0.39 is 0 Å². The maximum Gasteiger partial charge on any atom is 0.225 e. The zero-order chi connectivity index (χ0) is 19.4. The minimum Gasteiger partial charge on any atom is -0.379 e. The molecule has 27 heavy (non-hydrogen) atoms. The first kappa shape index (κ1) is 19.8. The second-order valence-electron chi connectivity index (χ2n) is 7.80. The van der Waals surface area contributed by atoms with E-state index in [0.717, 1.165) is 44.2 Å². The van der Waals surface area contributed by atoms with Crippen LogP contribution in [0.1, 0.15) is 32.2 Å². The molecule has 0 aromatic carbocycles. The van der Waals surface area contributed by atoms with Crippen molar-refractivity contribution in [2.24, 2.45) is 11.8 Å². The maximum atomic E-state index is 12.4. The fourth-order valence-corrected chi connectivity index (χ4v) is 3.57. The Morgan fingerprint density at radius 2 is 1.93 bits per heavy atom. The van der Waals surface area contributed by atoms with Gasteiger partial charge in [-0.2, -0.15) is 5.10 Å². The van der Waals surface area contributed by atoms with E-state index in [1.807, 2.05) is 36.4 Å². The normalized spacial score (nSPS) is 19.0. The fraction of sp³-hybridized carbons (Fsp3) is 0.737. The van der Waals surface area contributed by atoms with Crippen molar-refractivity contribution in [1.82, 2.24) is 24.9 Å². The Labute approximate surface area is 160 Å². The summed E-state index contributed by atoms with van der Waals surface area (Å²) in [4.78, 5) is 28.7. The van der Waals surface area contributed by atoms with Crippen molar-refractivity contribution in [2.45, 2.75) is 40.4 Å². The number of carbonyl (C=O) groups excluding carboxylic acids is 2. The number of aromatic nitrogens is 2. The van der Waals surface area contributed by atoms with Crippen molar-refractivity contribution in [1.29, 1.82) is 0 Å². The number of fused-ring (bicyclic) bond motifs is 1. The number of ether oxygens (including phenoxy) is 1. The molecule has 1 unspecified atom stereocenters. The average molecular weight is 377 g/mol. The Kier molecular flexibility index (Phi) is 6.49. The molecule has 0 saturated carbocycles. The van der Waals surface area contributed by atoms with Gasteiger partial charge in [0.2, 0.25) is 11.8 Å². The van der Waals surface area contributed by atoms with Gasteiger partial charge in [-0.25, -0.2) is 0 Å². The highest BCUT2D eigenvalue weighted by Crippen LogP contribution is 2.16. The molecule has 0 radical (unpaired) electrons. The smallest absolute Gasteiger partial charge is 0.225 e. The van der Waals surface area contributed by atoms with E-state index >= 15 is 0 Å². The summed E-state index contributed by atoms with van der Waals surface area (Å²) in [6, 6.07) is 1.99. The molecule has 2 aliphatic rings. The van der Waals surface area contributed by atoms with Gasteiger partial charge in [-0.1, -0.05) is 20.8 Å². The zero-order valence-corrected chi connectivity index (χ0v) is 16.6. The minimum absolute atomic E-state index is 0.00573. The molecule has 0 bridgehead atoms. The van der Waals surface area contributed by atoms with Crippen LogP contribution in [0, 0.1) is 11.8 Å². The molecule has 1 atom stereocenters. The second kappa shape index (κ2) is 8.84.